The minimum absolute atomic E-state index is 0.178. The van der Waals surface area contributed by atoms with Crippen molar-refractivity contribution in [2.24, 2.45) is 0 Å². The molecule has 3 aliphatic heterocycles. The number of amides is 3. The summed E-state index contributed by atoms with van der Waals surface area (Å²) in [5.41, 5.74) is 3.45. The SMILES string of the molecule is CCCN1C(=O)N(c2ccc(N3CCN(c4ccc(OCC5COC(Cn6cncn6)(c6ccc(Cl)cc6Cl)O5)cc4)CC3)cc2)C(=O)C1C. The first kappa shape index (κ1) is 34.1. The standard InChI is InChI=1S/C36H39Cl2N7O5/c1-3-14-44-25(2)34(46)45(35(44)47)29-7-5-27(6-8-29)41-15-17-42(18-16-41)28-9-11-30(12-10-28)48-20-31-21-49-36(50-31,22-43-24-39-23-40-43)32-13-4-26(37)19-33(32)38/h4-13,19,23-25,31H,3,14-18,20-22H2,1-2H3. The maximum absolute atomic E-state index is 12.9. The summed E-state index contributed by atoms with van der Waals surface area (Å²) in [5.74, 6) is -0.613. The Bertz CT molecular complexity index is 1800. The van der Waals surface area contributed by atoms with Gasteiger partial charge in [-0.25, -0.2) is 19.4 Å². The van der Waals surface area contributed by atoms with E-state index in [1.54, 1.807) is 35.0 Å². The van der Waals surface area contributed by atoms with E-state index in [0.717, 1.165) is 49.7 Å². The van der Waals surface area contributed by atoms with Gasteiger partial charge in [-0.05, 0) is 74.0 Å². The van der Waals surface area contributed by atoms with E-state index in [1.807, 2.05) is 49.4 Å². The zero-order chi connectivity index (χ0) is 34.8. The second-order valence-corrected chi connectivity index (χ2v) is 13.5. The van der Waals surface area contributed by atoms with E-state index in [4.69, 9.17) is 37.4 Å². The van der Waals surface area contributed by atoms with E-state index in [0.29, 0.717) is 34.4 Å². The number of halogens is 2. The third-order valence-electron chi connectivity index (χ3n) is 9.37. The first-order valence-electron chi connectivity index (χ1n) is 16.8. The number of benzene rings is 3. The molecule has 0 spiro atoms. The van der Waals surface area contributed by atoms with Crippen LogP contribution in [-0.2, 0) is 26.6 Å². The highest BCUT2D eigenvalue weighted by atomic mass is 35.5. The van der Waals surface area contributed by atoms with Crippen molar-refractivity contribution in [2.75, 3.05) is 60.6 Å². The molecule has 3 atom stereocenters. The van der Waals surface area contributed by atoms with Gasteiger partial charge in [-0.15, -0.1) is 0 Å². The molecular formula is C36H39Cl2N7O5. The summed E-state index contributed by atoms with van der Waals surface area (Å²) < 4.78 is 20.5. The molecule has 3 saturated heterocycles. The monoisotopic (exact) mass is 719 g/mol. The highest BCUT2D eigenvalue weighted by Crippen LogP contribution is 2.40. The lowest BCUT2D eigenvalue weighted by molar-refractivity contribution is -0.190. The lowest BCUT2D eigenvalue weighted by Crippen LogP contribution is -2.46. The smallest absolute Gasteiger partial charge is 0.332 e. The van der Waals surface area contributed by atoms with Gasteiger partial charge in [-0.3, -0.25) is 4.79 Å². The molecule has 0 N–H and O–H groups in total. The van der Waals surface area contributed by atoms with Crippen LogP contribution in [0.2, 0.25) is 10.0 Å². The van der Waals surface area contributed by atoms with Crippen LogP contribution in [0.15, 0.2) is 79.4 Å². The van der Waals surface area contributed by atoms with Crippen molar-refractivity contribution in [3.05, 3.63) is 95.0 Å². The maximum Gasteiger partial charge on any atom is 0.332 e. The van der Waals surface area contributed by atoms with Crippen LogP contribution in [0.4, 0.5) is 21.9 Å². The highest BCUT2D eigenvalue weighted by Gasteiger charge is 2.46. The molecule has 50 heavy (non-hydrogen) atoms. The first-order chi connectivity index (χ1) is 24.2. The van der Waals surface area contributed by atoms with Crippen LogP contribution in [0.3, 0.4) is 0 Å². The summed E-state index contributed by atoms with van der Waals surface area (Å²) in [5, 5.41) is 5.19. The summed E-state index contributed by atoms with van der Waals surface area (Å²) in [6, 6.07) is 20.3. The van der Waals surface area contributed by atoms with Crippen LogP contribution in [0, 0.1) is 0 Å². The number of nitrogens with zero attached hydrogens (tertiary/aromatic N) is 7. The molecule has 14 heteroatoms. The lowest BCUT2D eigenvalue weighted by Gasteiger charge is -2.37. The Labute approximate surface area is 301 Å². The molecule has 0 saturated carbocycles. The second kappa shape index (κ2) is 14.5. The minimum Gasteiger partial charge on any atom is -0.491 e. The van der Waals surface area contributed by atoms with Crippen LogP contribution in [0.5, 0.6) is 5.75 Å². The van der Waals surface area contributed by atoms with E-state index in [-0.39, 0.29) is 31.2 Å². The zero-order valence-electron chi connectivity index (χ0n) is 28.0. The van der Waals surface area contributed by atoms with Gasteiger partial charge in [-0.2, -0.15) is 5.10 Å². The fourth-order valence-electron chi connectivity index (χ4n) is 6.74. The summed E-state index contributed by atoms with van der Waals surface area (Å²) in [4.78, 5) is 37.4. The Balaban J connectivity index is 0.919. The number of carbonyl (C=O) groups excluding carboxylic acids is 2. The molecule has 3 aliphatic rings. The fourth-order valence-corrected chi connectivity index (χ4v) is 7.29. The van der Waals surface area contributed by atoms with Gasteiger partial charge in [0.05, 0.1) is 17.3 Å². The molecule has 3 aromatic carbocycles. The number of piperazine rings is 1. The number of anilines is 3. The van der Waals surface area contributed by atoms with Crippen molar-refractivity contribution in [2.45, 2.75) is 44.7 Å². The van der Waals surface area contributed by atoms with Crippen LogP contribution < -0.4 is 19.4 Å². The van der Waals surface area contributed by atoms with Crippen molar-refractivity contribution in [3.63, 3.8) is 0 Å². The Hall–Kier alpha value is -4.36. The number of ether oxygens (including phenoxy) is 3. The number of hydrogen-bond acceptors (Lipinski definition) is 9. The van der Waals surface area contributed by atoms with Gasteiger partial charge >= 0.3 is 6.03 Å². The van der Waals surface area contributed by atoms with Crippen molar-refractivity contribution in [3.8, 4) is 5.75 Å². The van der Waals surface area contributed by atoms with Crippen molar-refractivity contribution < 1.29 is 23.8 Å². The van der Waals surface area contributed by atoms with Gasteiger partial charge in [0.25, 0.3) is 5.91 Å². The molecule has 4 heterocycles. The zero-order valence-corrected chi connectivity index (χ0v) is 29.5. The molecule has 4 aromatic rings. The summed E-state index contributed by atoms with van der Waals surface area (Å²) in [7, 11) is 0. The highest BCUT2D eigenvalue weighted by molar-refractivity contribution is 6.35. The lowest BCUT2D eigenvalue weighted by atomic mass is 10.1. The fraction of sp³-hybridized carbons (Fsp3) is 0.389. The third kappa shape index (κ3) is 6.85. The number of urea groups is 1. The van der Waals surface area contributed by atoms with E-state index in [9.17, 15) is 9.59 Å². The van der Waals surface area contributed by atoms with Gasteiger partial charge in [0.15, 0.2) is 0 Å². The molecule has 3 amide bonds. The summed E-state index contributed by atoms with van der Waals surface area (Å²) >= 11 is 12.7. The molecule has 0 aliphatic carbocycles. The quantitative estimate of drug-likeness (QED) is 0.177. The average Bonchev–Trinajstić information content (AvgIpc) is 3.84. The molecule has 0 bridgehead atoms. The predicted octanol–water partition coefficient (Wildman–Crippen LogP) is 5.83. The molecule has 1 aromatic heterocycles. The van der Waals surface area contributed by atoms with Crippen LogP contribution >= 0.6 is 23.2 Å². The normalized spacial score (nSPS) is 22.6. The number of rotatable bonds is 11. The summed E-state index contributed by atoms with van der Waals surface area (Å²) in [6.07, 6.45) is 3.52. The molecule has 0 radical (unpaired) electrons. The van der Waals surface area contributed by atoms with Crippen molar-refractivity contribution in [1.29, 1.82) is 0 Å². The van der Waals surface area contributed by atoms with E-state index < -0.39 is 11.8 Å². The van der Waals surface area contributed by atoms with Crippen molar-refractivity contribution >= 4 is 52.2 Å². The van der Waals surface area contributed by atoms with Crippen molar-refractivity contribution in [1.82, 2.24) is 19.7 Å². The van der Waals surface area contributed by atoms with E-state index >= 15 is 0 Å². The van der Waals surface area contributed by atoms with Crippen LogP contribution in [0.25, 0.3) is 0 Å². The molecular weight excluding hydrogens is 681 g/mol. The number of aromatic nitrogens is 3. The second-order valence-electron chi connectivity index (χ2n) is 12.6. The largest absolute Gasteiger partial charge is 0.491 e. The van der Waals surface area contributed by atoms with Crippen LogP contribution in [-0.4, -0.2) is 89.7 Å². The maximum atomic E-state index is 12.9. The number of imide groups is 1. The minimum atomic E-state index is -1.17. The molecule has 3 fully saturated rings. The van der Waals surface area contributed by atoms with Gasteiger partial charge in [0, 0.05) is 54.7 Å². The average molecular weight is 721 g/mol. The predicted molar refractivity (Wildman–Crippen MR) is 191 cm³/mol. The van der Waals surface area contributed by atoms with E-state index in [1.165, 1.54) is 11.2 Å². The van der Waals surface area contributed by atoms with Gasteiger partial charge in [-0.1, -0.05) is 36.2 Å². The number of carbonyl (C=O) groups is 2. The van der Waals surface area contributed by atoms with Crippen LogP contribution in [0.1, 0.15) is 25.8 Å². The Kier molecular flexibility index (Phi) is 9.87. The van der Waals surface area contributed by atoms with Gasteiger partial charge < -0.3 is 28.9 Å². The van der Waals surface area contributed by atoms with E-state index in [2.05, 4.69) is 32.0 Å². The van der Waals surface area contributed by atoms with Gasteiger partial charge in [0.1, 0.15) is 43.7 Å². The summed E-state index contributed by atoms with van der Waals surface area (Å²) in [6.45, 7) is 8.60. The Morgan fingerprint density at radius 1 is 0.920 bits per heavy atom. The Morgan fingerprint density at radius 3 is 2.20 bits per heavy atom. The topological polar surface area (TPSA) is 106 Å². The number of hydrogen-bond donors (Lipinski definition) is 0. The first-order valence-corrected chi connectivity index (χ1v) is 17.6. The Morgan fingerprint density at radius 2 is 1.58 bits per heavy atom. The molecule has 262 valence electrons. The molecule has 7 rings (SSSR count). The molecule has 12 nitrogen and oxygen atoms in total. The third-order valence-corrected chi connectivity index (χ3v) is 9.92. The molecule has 3 unspecified atom stereocenters. The van der Waals surface area contributed by atoms with Gasteiger partial charge in [0.2, 0.25) is 5.79 Å².